The number of hydrogen-bond donors (Lipinski definition) is 2. The zero-order chi connectivity index (χ0) is 25.2. The van der Waals surface area contributed by atoms with E-state index in [9.17, 15) is 14.0 Å². The van der Waals surface area contributed by atoms with Gasteiger partial charge in [-0.1, -0.05) is 24.3 Å². The highest BCUT2D eigenvalue weighted by molar-refractivity contribution is 5.97. The van der Waals surface area contributed by atoms with Crippen molar-refractivity contribution in [2.75, 3.05) is 6.54 Å². The van der Waals surface area contributed by atoms with Gasteiger partial charge >= 0.3 is 0 Å². The van der Waals surface area contributed by atoms with E-state index in [1.807, 2.05) is 35.2 Å². The van der Waals surface area contributed by atoms with Crippen LogP contribution in [0.1, 0.15) is 60.0 Å². The largest absolute Gasteiger partial charge is 0.346 e. The fourth-order valence-electron chi connectivity index (χ4n) is 8.04. The van der Waals surface area contributed by atoms with Crippen molar-refractivity contribution in [3.63, 3.8) is 0 Å². The third-order valence-corrected chi connectivity index (χ3v) is 9.15. The predicted molar refractivity (Wildman–Crippen MR) is 138 cm³/mol. The summed E-state index contributed by atoms with van der Waals surface area (Å²) in [4.78, 5) is 32.8. The van der Waals surface area contributed by atoms with Gasteiger partial charge in [-0.3, -0.25) is 14.6 Å². The molecule has 4 fully saturated rings. The third kappa shape index (κ3) is 4.09. The number of nitrogens with one attached hydrogen (secondary N) is 2. The van der Waals surface area contributed by atoms with Gasteiger partial charge in [0.1, 0.15) is 5.82 Å². The van der Waals surface area contributed by atoms with Gasteiger partial charge in [-0.05, 0) is 85.8 Å². The monoisotopic (exact) mass is 498 g/mol. The Morgan fingerprint density at radius 2 is 1.73 bits per heavy atom. The number of benzene rings is 2. The molecule has 6 nitrogen and oxygen atoms in total. The fourth-order valence-corrected chi connectivity index (χ4v) is 8.04. The molecular formula is C30H31FN4O2. The molecule has 2 aromatic carbocycles. The molecule has 3 aromatic rings. The molecule has 4 saturated carbocycles. The number of pyridine rings is 1. The number of rotatable bonds is 5. The molecule has 4 bridgehead atoms. The summed E-state index contributed by atoms with van der Waals surface area (Å²) in [7, 11) is 0. The van der Waals surface area contributed by atoms with E-state index in [-0.39, 0.29) is 35.3 Å². The van der Waals surface area contributed by atoms with E-state index in [0.29, 0.717) is 30.5 Å². The zero-order valence-electron chi connectivity index (χ0n) is 20.8. The molecule has 2 N–H and O–H groups in total. The number of hydrogen-bond acceptors (Lipinski definition) is 4. The van der Waals surface area contributed by atoms with Crippen LogP contribution in [-0.4, -0.2) is 39.3 Å². The highest BCUT2D eigenvalue weighted by Crippen LogP contribution is 2.57. The Hall–Kier alpha value is -3.32. The number of fused-ring (bicyclic) bond motifs is 2. The van der Waals surface area contributed by atoms with Gasteiger partial charge in [0, 0.05) is 35.8 Å². The Labute approximate surface area is 215 Å². The molecule has 7 heteroatoms. The summed E-state index contributed by atoms with van der Waals surface area (Å²) in [5.41, 5.74) is 3.02. The van der Waals surface area contributed by atoms with E-state index in [2.05, 4.69) is 15.6 Å². The predicted octanol–water partition coefficient (Wildman–Crippen LogP) is 4.33. The van der Waals surface area contributed by atoms with Gasteiger partial charge < -0.3 is 15.5 Å². The standard InChI is InChI=1S/C30H31FN4O2/c31-25-6-5-22-16-35(17-24(22)9-25)27(36)15-33-29-10-19-7-20(11-29)13-30(12-19,18-29)34-28(37)23-8-21-3-1-2-4-26(21)32-14-23/h1-6,8-9,14,19-20,33H,7,10-13,15-18H2,(H,34,37). The second-order valence-corrected chi connectivity index (χ2v) is 11.9. The first-order valence-electron chi connectivity index (χ1n) is 13.4. The van der Waals surface area contributed by atoms with Crippen molar-refractivity contribution >= 4 is 22.7 Å². The lowest BCUT2D eigenvalue weighted by atomic mass is 9.50. The molecule has 37 heavy (non-hydrogen) atoms. The summed E-state index contributed by atoms with van der Waals surface area (Å²) in [5.74, 6) is 0.837. The summed E-state index contributed by atoms with van der Waals surface area (Å²) in [5, 5.41) is 8.08. The number of nitrogens with zero attached hydrogens (tertiary/aromatic N) is 2. The number of halogens is 1. The van der Waals surface area contributed by atoms with Crippen LogP contribution in [0.2, 0.25) is 0 Å². The van der Waals surface area contributed by atoms with Crippen molar-refractivity contribution in [3.8, 4) is 0 Å². The molecule has 2 unspecified atom stereocenters. The minimum Gasteiger partial charge on any atom is -0.346 e. The lowest BCUT2D eigenvalue weighted by Gasteiger charge is -2.62. The lowest BCUT2D eigenvalue weighted by Crippen LogP contribution is -2.69. The summed E-state index contributed by atoms with van der Waals surface area (Å²) >= 11 is 0. The van der Waals surface area contributed by atoms with Gasteiger partial charge in [0.25, 0.3) is 5.91 Å². The second-order valence-electron chi connectivity index (χ2n) is 11.9. The number of carbonyl (C=O) groups excluding carboxylic acids is 2. The van der Waals surface area contributed by atoms with E-state index in [4.69, 9.17) is 0 Å². The number of para-hydroxylation sites is 1. The number of carbonyl (C=O) groups is 2. The molecule has 2 atom stereocenters. The Morgan fingerprint density at radius 3 is 2.57 bits per heavy atom. The SMILES string of the molecule is O=C(NC12CC3CC(CC(NCC(=O)N4Cc5ccc(F)cc5C4)(C3)C1)C2)c1cnc2ccccc2c1. The molecule has 4 aliphatic carbocycles. The van der Waals surface area contributed by atoms with Crippen molar-refractivity contribution < 1.29 is 14.0 Å². The van der Waals surface area contributed by atoms with Gasteiger partial charge in [0.05, 0.1) is 17.6 Å². The minimum absolute atomic E-state index is 0.0488. The molecule has 8 rings (SSSR count). The summed E-state index contributed by atoms with van der Waals surface area (Å²) in [6.07, 6.45) is 7.83. The van der Waals surface area contributed by atoms with Crippen LogP contribution in [0.4, 0.5) is 4.39 Å². The Morgan fingerprint density at radius 1 is 0.973 bits per heavy atom. The molecular weight excluding hydrogens is 467 g/mol. The molecule has 2 heterocycles. The average molecular weight is 499 g/mol. The molecule has 0 spiro atoms. The van der Waals surface area contributed by atoms with Crippen molar-refractivity contribution in [1.82, 2.24) is 20.5 Å². The van der Waals surface area contributed by atoms with Crippen LogP contribution in [0, 0.1) is 17.7 Å². The third-order valence-electron chi connectivity index (χ3n) is 9.15. The highest BCUT2D eigenvalue weighted by Gasteiger charge is 2.58. The summed E-state index contributed by atoms with van der Waals surface area (Å²) in [6, 6.07) is 14.5. The lowest BCUT2D eigenvalue weighted by molar-refractivity contribution is -0.132. The van der Waals surface area contributed by atoms with E-state index >= 15 is 0 Å². The quantitative estimate of drug-likeness (QED) is 0.549. The van der Waals surface area contributed by atoms with Crippen molar-refractivity contribution in [1.29, 1.82) is 0 Å². The summed E-state index contributed by atoms with van der Waals surface area (Å²) < 4.78 is 13.6. The fraction of sp³-hybridized carbons (Fsp3) is 0.433. The van der Waals surface area contributed by atoms with Crippen LogP contribution < -0.4 is 10.6 Å². The average Bonchev–Trinajstić information content (AvgIpc) is 3.29. The molecule has 2 amide bonds. The molecule has 0 radical (unpaired) electrons. The first kappa shape index (κ1) is 22.8. The van der Waals surface area contributed by atoms with Crippen LogP contribution >= 0.6 is 0 Å². The van der Waals surface area contributed by atoms with Crippen molar-refractivity contribution in [3.05, 3.63) is 77.2 Å². The van der Waals surface area contributed by atoms with Gasteiger partial charge in [-0.15, -0.1) is 0 Å². The van der Waals surface area contributed by atoms with E-state index < -0.39 is 0 Å². The van der Waals surface area contributed by atoms with Crippen LogP contribution in [0.3, 0.4) is 0 Å². The molecule has 5 aliphatic rings. The van der Waals surface area contributed by atoms with Crippen molar-refractivity contribution in [2.24, 2.45) is 11.8 Å². The van der Waals surface area contributed by atoms with E-state index in [0.717, 1.165) is 54.1 Å². The van der Waals surface area contributed by atoms with Crippen LogP contribution in [0.25, 0.3) is 10.9 Å². The smallest absolute Gasteiger partial charge is 0.253 e. The Bertz CT molecular complexity index is 1410. The maximum Gasteiger partial charge on any atom is 0.253 e. The first-order chi connectivity index (χ1) is 17.9. The first-order valence-corrected chi connectivity index (χ1v) is 13.4. The highest BCUT2D eigenvalue weighted by atomic mass is 19.1. The molecule has 1 aromatic heterocycles. The second kappa shape index (κ2) is 8.35. The zero-order valence-corrected chi connectivity index (χ0v) is 20.8. The van der Waals surface area contributed by atoms with Crippen molar-refractivity contribution in [2.45, 2.75) is 62.7 Å². The molecule has 0 saturated heterocycles. The van der Waals surface area contributed by atoms with Gasteiger partial charge in [0.15, 0.2) is 0 Å². The van der Waals surface area contributed by atoms with Crippen LogP contribution in [-0.2, 0) is 17.9 Å². The van der Waals surface area contributed by atoms with Crippen LogP contribution in [0.5, 0.6) is 0 Å². The minimum atomic E-state index is -0.258. The Balaban J connectivity index is 1.05. The normalized spacial score (nSPS) is 29.5. The molecule has 190 valence electrons. The maximum absolute atomic E-state index is 13.6. The maximum atomic E-state index is 13.6. The molecule has 1 aliphatic heterocycles. The number of amides is 2. The van der Waals surface area contributed by atoms with Gasteiger partial charge in [-0.2, -0.15) is 0 Å². The van der Waals surface area contributed by atoms with Gasteiger partial charge in [-0.25, -0.2) is 4.39 Å². The van der Waals surface area contributed by atoms with E-state index in [1.165, 1.54) is 18.6 Å². The van der Waals surface area contributed by atoms with E-state index in [1.54, 1.807) is 12.3 Å². The summed E-state index contributed by atoms with van der Waals surface area (Å²) in [6.45, 7) is 1.27. The van der Waals surface area contributed by atoms with Crippen LogP contribution in [0.15, 0.2) is 54.7 Å². The van der Waals surface area contributed by atoms with Gasteiger partial charge in [0.2, 0.25) is 5.91 Å². The Kier molecular flexibility index (Phi) is 5.15. The number of aromatic nitrogens is 1. The topological polar surface area (TPSA) is 74.3 Å².